The maximum Gasteiger partial charge on any atom is 0.135 e. The van der Waals surface area contributed by atoms with Crippen molar-refractivity contribution < 1.29 is 4.42 Å². The fourth-order valence-electron chi connectivity index (χ4n) is 8.84. The van der Waals surface area contributed by atoms with Crippen LogP contribution in [-0.4, -0.2) is 9.13 Å². The highest BCUT2D eigenvalue weighted by molar-refractivity contribution is 6.12. The highest BCUT2D eigenvalue weighted by atomic mass is 16.3. The molecule has 0 saturated heterocycles. The summed E-state index contributed by atoms with van der Waals surface area (Å²) in [6, 6.07) is 75.8. The predicted octanol–water partition coefficient (Wildman–Crippen LogP) is 16.9. The first-order valence-electron chi connectivity index (χ1n) is 21.5. The summed E-state index contributed by atoms with van der Waals surface area (Å²) < 4.78 is 11.1. The van der Waals surface area contributed by atoms with Gasteiger partial charge >= 0.3 is 0 Å². The first-order valence-corrected chi connectivity index (χ1v) is 21.5. The van der Waals surface area contributed by atoms with Crippen LogP contribution in [0.2, 0.25) is 0 Å². The Bertz CT molecular complexity index is 3550. The lowest BCUT2D eigenvalue weighted by Crippen LogP contribution is -1.94. The molecule has 0 saturated carbocycles. The Hall–Kier alpha value is -8.14. The van der Waals surface area contributed by atoms with E-state index in [1.165, 1.54) is 71.6 Å². The molecule has 0 fully saturated rings. The van der Waals surface area contributed by atoms with Crippen LogP contribution in [0.1, 0.15) is 12.5 Å². The van der Waals surface area contributed by atoms with Crippen molar-refractivity contribution in [3.8, 4) is 33.6 Å². The van der Waals surface area contributed by atoms with Gasteiger partial charge in [-0.3, -0.25) is 0 Å². The lowest BCUT2D eigenvalue weighted by molar-refractivity contribution is 0.669. The van der Waals surface area contributed by atoms with Crippen molar-refractivity contribution in [1.29, 1.82) is 0 Å². The smallest absolute Gasteiger partial charge is 0.135 e. The third-order valence-electron chi connectivity index (χ3n) is 11.8. The number of aryl methyl sites for hydroxylation is 1. The Balaban J connectivity index is 0.000000345. The van der Waals surface area contributed by atoms with E-state index in [0.717, 1.165) is 33.2 Å². The van der Waals surface area contributed by atoms with Crippen LogP contribution in [0.15, 0.2) is 242 Å². The minimum Gasteiger partial charge on any atom is -0.456 e. The Morgan fingerprint density at radius 1 is 0.381 bits per heavy atom. The SMILES string of the molecule is C=C/C=C\C.Cc1ccccc1.c1ccc(-n2c3ccccc3c3cc(-c4ccc5oc6ccc(-c7cccc(-n8c9ccccc9c9ccccc98)c7)cc6c5c4)ccc32)cc1. The van der Waals surface area contributed by atoms with Crippen molar-refractivity contribution in [2.24, 2.45) is 0 Å². The molecule has 0 N–H and O–H groups in total. The molecule has 0 radical (unpaired) electrons. The zero-order valence-corrected chi connectivity index (χ0v) is 35.4. The number of furan rings is 1. The third-order valence-corrected chi connectivity index (χ3v) is 11.8. The van der Waals surface area contributed by atoms with Crippen LogP contribution in [0, 0.1) is 6.92 Å². The predicted molar refractivity (Wildman–Crippen MR) is 269 cm³/mol. The molecule has 0 aliphatic rings. The third kappa shape index (κ3) is 7.41. The monoisotopic (exact) mass is 810 g/mol. The van der Waals surface area contributed by atoms with E-state index >= 15 is 0 Å². The second-order valence-electron chi connectivity index (χ2n) is 15.8. The highest BCUT2D eigenvalue weighted by Crippen LogP contribution is 2.39. The summed E-state index contributed by atoms with van der Waals surface area (Å²) in [4.78, 5) is 0. The molecule has 63 heavy (non-hydrogen) atoms. The fraction of sp³-hybridized carbons (Fsp3) is 0.0333. The largest absolute Gasteiger partial charge is 0.456 e. The molecule has 0 unspecified atom stereocenters. The van der Waals surface area contributed by atoms with Gasteiger partial charge in [-0.1, -0.05) is 164 Å². The Labute approximate surface area is 367 Å². The number of hydrogen-bond acceptors (Lipinski definition) is 1. The van der Waals surface area contributed by atoms with Crippen LogP contribution in [0.5, 0.6) is 0 Å². The van der Waals surface area contributed by atoms with Crippen molar-refractivity contribution in [3.63, 3.8) is 0 Å². The molecular weight excluding hydrogens is 765 g/mol. The Kier molecular flexibility index (Phi) is 10.6. The number of fused-ring (bicyclic) bond motifs is 9. The zero-order valence-electron chi connectivity index (χ0n) is 35.4. The standard InChI is InChI=1S/C48H30N2O.C7H8.C5H8/c1-2-12-35(13-3-1)49-45-20-9-6-17-39(45)40-28-32(21-24-46(40)49)34-23-26-48-42(30-34)41-29-33(22-25-47(41)51-48)31-11-10-14-36(27-31)50-43-18-7-4-15-37(43)38-16-5-8-19-44(38)50;1-7-5-3-2-4-6-7;1-3-5-4-2/h1-30H;2-6H,1H3;3-5H,1H2,2H3/b;;5-4-. The maximum atomic E-state index is 6.39. The van der Waals surface area contributed by atoms with E-state index in [0.29, 0.717) is 0 Å². The summed E-state index contributed by atoms with van der Waals surface area (Å²) in [5.74, 6) is 0. The van der Waals surface area contributed by atoms with Gasteiger partial charge in [0.15, 0.2) is 0 Å². The molecule has 3 nitrogen and oxygen atoms in total. The van der Waals surface area contributed by atoms with Crippen molar-refractivity contribution in [1.82, 2.24) is 9.13 Å². The van der Waals surface area contributed by atoms with Crippen molar-refractivity contribution >= 4 is 65.6 Å². The zero-order chi connectivity index (χ0) is 42.7. The molecule has 0 aliphatic heterocycles. The van der Waals surface area contributed by atoms with Crippen LogP contribution in [0.3, 0.4) is 0 Å². The van der Waals surface area contributed by atoms with Crippen LogP contribution in [-0.2, 0) is 0 Å². The highest BCUT2D eigenvalue weighted by Gasteiger charge is 2.16. The first kappa shape index (κ1) is 39.0. The lowest BCUT2D eigenvalue weighted by Gasteiger charge is -2.10. The molecule has 0 bridgehead atoms. The molecule has 0 amide bonds. The van der Waals surface area contributed by atoms with Gasteiger partial charge < -0.3 is 13.6 Å². The van der Waals surface area contributed by atoms with Crippen molar-refractivity contribution in [3.05, 3.63) is 243 Å². The minimum absolute atomic E-state index is 0.894. The summed E-state index contributed by atoms with van der Waals surface area (Å²) in [5, 5.41) is 7.27. The average Bonchev–Trinajstić information content (AvgIpc) is 4.00. The molecule has 0 atom stereocenters. The Morgan fingerprint density at radius 3 is 1.32 bits per heavy atom. The van der Waals surface area contributed by atoms with E-state index in [9.17, 15) is 0 Å². The van der Waals surface area contributed by atoms with E-state index in [-0.39, 0.29) is 0 Å². The summed E-state index contributed by atoms with van der Waals surface area (Å²) in [7, 11) is 0. The number of para-hydroxylation sites is 4. The van der Waals surface area contributed by atoms with Gasteiger partial charge in [0.2, 0.25) is 0 Å². The van der Waals surface area contributed by atoms with E-state index in [4.69, 9.17) is 4.42 Å². The summed E-state index contributed by atoms with van der Waals surface area (Å²) >= 11 is 0. The number of rotatable bonds is 5. The average molecular weight is 811 g/mol. The van der Waals surface area contributed by atoms with E-state index in [1.807, 2.05) is 37.3 Å². The van der Waals surface area contributed by atoms with Crippen LogP contribution in [0.25, 0.3) is 99.2 Å². The van der Waals surface area contributed by atoms with Gasteiger partial charge in [0.05, 0.1) is 22.1 Å². The van der Waals surface area contributed by atoms with Gasteiger partial charge in [0, 0.05) is 43.7 Å². The minimum atomic E-state index is 0.894. The number of nitrogens with zero attached hydrogens (tertiary/aromatic N) is 2. The molecule has 0 spiro atoms. The van der Waals surface area contributed by atoms with Crippen LogP contribution >= 0.6 is 0 Å². The summed E-state index contributed by atoms with van der Waals surface area (Å²) in [6.45, 7) is 7.51. The molecule has 12 aromatic rings. The lowest BCUT2D eigenvalue weighted by atomic mass is 9.99. The first-order chi connectivity index (χ1) is 31.1. The van der Waals surface area contributed by atoms with E-state index in [2.05, 4.69) is 217 Å². The van der Waals surface area contributed by atoms with E-state index in [1.54, 1.807) is 6.08 Å². The second kappa shape index (κ2) is 17.1. The van der Waals surface area contributed by atoms with Gasteiger partial charge in [0.25, 0.3) is 0 Å². The van der Waals surface area contributed by atoms with Crippen molar-refractivity contribution in [2.75, 3.05) is 0 Å². The summed E-state index contributed by atoms with van der Waals surface area (Å²) in [6.07, 6.45) is 5.58. The number of hydrogen-bond donors (Lipinski definition) is 0. The van der Waals surface area contributed by atoms with Gasteiger partial charge in [-0.15, -0.1) is 0 Å². The fourth-order valence-corrected chi connectivity index (χ4v) is 8.84. The van der Waals surface area contributed by atoms with Crippen LogP contribution in [0.4, 0.5) is 0 Å². The van der Waals surface area contributed by atoms with Gasteiger partial charge in [-0.05, 0) is 115 Å². The van der Waals surface area contributed by atoms with Gasteiger partial charge in [0.1, 0.15) is 11.2 Å². The van der Waals surface area contributed by atoms with Crippen molar-refractivity contribution in [2.45, 2.75) is 13.8 Å². The second-order valence-corrected chi connectivity index (χ2v) is 15.8. The number of aromatic nitrogens is 2. The molecule has 3 heterocycles. The molecule has 302 valence electrons. The number of benzene rings is 9. The quantitative estimate of drug-likeness (QED) is 0.159. The van der Waals surface area contributed by atoms with E-state index < -0.39 is 0 Å². The summed E-state index contributed by atoms with van der Waals surface area (Å²) in [5.41, 5.74) is 14.9. The molecule has 12 rings (SSSR count). The van der Waals surface area contributed by atoms with Crippen LogP contribution < -0.4 is 0 Å². The molecule has 0 aliphatic carbocycles. The molecule has 3 heteroatoms. The maximum absolute atomic E-state index is 6.39. The molecule has 3 aromatic heterocycles. The Morgan fingerprint density at radius 2 is 0.810 bits per heavy atom. The molecule has 9 aromatic carbocycles. The van der Waals surface area contributed by atoms with Gasteiger partial charge in [-0.2, -0.15) is 0 Å². The topological polar surface area (TPSA) is 23.0 Å². The van der Waals surface area contributed by atoms with Gasteiger partial charge in [-0.25, -0.2) is 0 Å². The number of allylic oxidation sites excluding steroid dienone is 3. The molecular formula is C60H46N2O. The normalized spacial score (nSPS) is 11.3.